The summed E-state index contributed by atoms with van der Waals surface area (Å²) in [6.45, 7) is 4.57. The quantitative estimate of drug-likeness (QED) is 0.690. The summed E-state index contributed by atoms with van der Waals surface area (Å²) in [7, 11) is 0. The SMILES string of the molecule is CC(C)(CO)CCCNC(=O)Nc1cc(F)cc(Br)c1. The number of hydrogen-bond donors (Lipinski definition) is 3. The van der Waals surface area contributed by atoms with Crippen molar-refractivity contribution < 1.29 is 14.3 Å². The van der Waals surface area contributed by atoms with E-state index >= 15 is 0 Å². The number of nitrogens with one attached hydrogen (secondary N) is 2. The Morgan fingerprint density at radius 1 is 1.40 bits per heavy atom. The first-order valence-corrected chi connectivity index (χ1v) is 7.23. The lowest BCUT2D eigenvalue weighted by Crippen LogP contribution is -2.30. The second-order valence-electron chi connectivity index (χ2n) is 5.46. The number of amides is 2. The molecule has 1 aromatic carbocycles. The average Bonchev–Trinajstić information content (AvgIpc) is 2.33. The van der Waals surface area contributed by atoms with Gasteiger partial charge in [0.2, 0.25) is 0 Å². The molecule has 0 fully saturated rings. The van der Waals surface area contributed by atoms with E-state index in [4.69, 9.17) is 5.11 Å². The summed E-state index contributed by atoms with van der Waals surface area (Å²) in [6, 6.07) is 3.82. The Hall–Kier alpha value is -1.14. The predicted octanol–water partition coefficient (Wildman–Crippen LogP) is 3.51. The Bertz CT molecular complexity index is 446. The molecule has 4 nitrogen and oxygen atoms in total. The summed E-state index contributed by atoms with van der Waals surface area (Å²) in [5, 5.41) is 14.4. The van der Waals surface area contributed by atoms with Gasteiger partial charge in [0.05, 0.1) is 0 Å². The Kier molecular flexibility index (Phi) is 6.42. The number of benzene rings is 1. The fraction of sp³-hybridized carbons (Fsp3) is 0.500. The monoisotopic (exact) mass is 346 g/mol. The Morgan fingerprint density at radius 3 is 2.70 bits per heavy atom. The van der Waals surface area contributed by atoms with E-state index in [1.807, 2.05) is 13.8 Å². The highest BCUT2D eigenvalue weighted by Crippen LogP contribution is 2.20. The third-order valence-electron chi connectivity index (χ3n) is 2.86. The van der Waals surface area contributed by atoms with Crippen molar-refractivity contribution >= 4 is 27.6 Å². The Balaban J connectivity index is 2.33. The molecule has 6 heteroatoms. The van der Waals surface area contributed by atoms with Crippen LogP contribution in [0.1, 0.15) is 26.7 Å². The summed E-state index contributed by atoms with van der Waals surface area (Å²) in [5.41, 5.74) is 0.260. The molecule has 0 aromatic heterocycles. The van der Waals surface area contributed by atoms with Gasteiger partial charge in [-0.05, 0) is 36.5 Å². The number of aliphatic hydroxyl groups is 1. The first-order valence-electron chi connectivity index (χ1n) is 6.44. The topological polar surface area (TPSA) is 61.4 Å². The van der Waals surface area contributed by atoms with Gasteiger partial charge < -0.3 is 15.7 Å². The normalized spacial score (nSPS) is 11.2. The van der Waals surface area contributed by atoms with Gasteiger partial charge in [0.25, 0.3) is 0 Å². The summed E-state index contributed by atoms with van der Waals surface area (Å²) < 4.78 is 13.7. The van der Waals surface area contributed by atoms with Crippen LogP contribution in [0.2, 0.25) is 0 Å². The van der Waals surface area contributed by atoms with Gasteiger partial charge in [0, 0.05) is 23.3 Å². The van der Waals surface area contributed by atoms with Crippen molar-refractivity contribution in [2.45, 2.75) is 26.7 Å². The molecule has 0 bridgehead atoms. The van der Waals surface area contributed by atoms with Crippen LogP contribution in [-0.2, 0) is 0 Å². The van der Waals surface area contributed by atoms with E-state index in [2.05, 4.69) is 26.6 Å². The third kappa shape index (κ3) is 6.34. The largest absolute Gasteiger partial charge is 0.396 e. The van der Waals surface area contributed by atoms with Crippen molar-refractivity contribution in [1.82, 2.24) is 5.32 Å². The lowest BCUT2D eigenvalue weighted by Gasteiger charge is -2.21. The van der Waals surface area contributed by atoms with Crippen LogP contribution < -0.4 is 10.6 Å². The highest BCUT2D eigenvalue weighted by atomic mass is 79.9. The average molecular weight is 347 g/mol. The summed E-state index contributed by atoms with van der Waals surface area (Å²) in [5.74, 6) is -0.417. The first kappa shape index (κ1) is 16.9. The molecule has 0 aliphatic heterocycles. The highest BCUT2D eigenvalue weighted by molar-refractivity contribution is 9.10. The van der Waals surface area contributed by atoms with Crippen molar-refractivity contribution in [3.05, 3.63) is 28.5 Å². The maximum atomic E-state index is 13.1. The zero-order chi connectivity index (χ0) is 15.2. The fourth-order valence-corrected chi connectivity index (χ4v) is 2.11. The third-order valence-corrected chi connectivity index (χ3v) is 3.32. The van der Waals surface area contributed by atoms with Gasteiger partial charge in [-0.2, -0.15) is 0 Å². The van der Waals surface area contributed by atoms with Gasteiger partial charge in [-0.3, -0.25) is 0 Å². The van der Waals surface area contributed by atoms with Gasteiger partial charge in [-0.15, -0.1) is 0 Å². The number of carbonyl (C=O) groups excluding carboxylic acids is 1. The molecule has 0 spiro atoms. The van der Waals surface area contributed by atoms with E-state index in [1.165, 1.54) is 12.1 Å². The van der Waals surface area contributed by atoms with Crippen molar-refractivity contribution in [3.8, 4) is 0 Å². The van der Waals surface area contributed by atoms with E-state index in [0.717, 1.165) is 12.8 Å². The van der Waals surface area contributed by atoms with Crippen LogP contribution in [0, 0.1) is 11.2 Å². The Morgan fingerprint density at radius 2 is 2.10 bits per heavy atom. The molecule has 112 valence electrons. The number of anilines is 1. The Labute approximate surface area is 126 Å². The molecule has 0 aliphatic rings. The number of rotatable bonds is 6. The predicted molar refractivity (Wildman–Crippen MR) is 81.2 cm³/mol. The molecule has 3 N–H and O–H groups in total. The standard InChI is InChI=1S/C14H20BrFN2O2/c1-14(2,9-19)4-3-5-17-13(20)18-12-7-10(15)6-11(16)8-12/h6-8,19H,3-5,9H2,1-2H3,(H2,17,18,20). The summed E-state index contributed by atoms with van der Waals surface area (Å²) in [6.07, 6.45) is 1.59. The van der Waals surface area contributed by atoms with Crippen LogP contribution in [0.4, 0.5) is 14.9 Å². The maximum absolute atomic E-state index is 13.1. The molecule has 0 heterocycles. The molecular formula is C14H20BrFN2O2. The highest BCUT2D eigenvalue weighted by Gasteiger charge is 2.15. The van der Waals surface area contributed by atoms with E-state index in [0.29, 0.717) is 16.7 Å². The first-order chi connectivity index (χ1) is 9.32. The van der Waals surface area contributed by atoms with Crippen LogP contribution in [-0.4, -0.2) is 24.3 Å². The second-order valence-corrected chi connectivity index (χ2v) is 6.38. The molecule has 0 saturated heterocycles. The van der Waals surface area contributed by atoms with Crippen molar-refractivity contribution in [2.75, 3.05) is 18.5 Å². The number of hydrogen-bond acceptors (Lipinski definition) is 2. The number of aliphatic hydroxyl groups excluding tert-OH is 1. The number of halogens is 2. The zero-order valence-electron chi connectivity index (χ0n) is 11.7. The van der Waals surface area contributed by atoms with Crippen LogP contribution in [0.3, 0.4) is 0 Å². The number of carbonyl (C=O) groups is 1. The minimum absolute atomic E-state index is 0.122. The smallest absolute Gasteiger partial charge is 0.319 e. The van der Waals surface area contributed by atoms with Gasteiger partial charge in [0.1, 0.15) is 5.82 Å². The summed E-state index contributed by atoms with van der Waals surface area (Å²) in [4.78, 5) is 11.6. The van der Waals surface area contributed by atoms with Crippen LogP contribution in [0.15, 0.2) is 22.7 Å². The van der Waals surface area contributed by atoms with E-state index < -0.39 is 5.82 Å². The molecule has 2 amide bonds. The lowest BCUT2D eigenvalue weighted by molar-refractivity contribution is 0.148. The van der Waals surface area contributed by atoms with Gasteiger partial charge in [-0.25, -0.2) is 9.18 Å². The van der Waals surface area contributed by atoms with E-state index in [1.54, 1.807) is 6.07 Å². The maximum Gasteiger partial charge on any atom is 0.319 e. The van der Waals surface area contributed by atoms with E-state index in [9.17, 15) is 9.18 Å². The lowest BCUT2D eigenvalue weighted by atomic mass is 9.89. The minimum atomic E-state index is -0.417. The van der Waals surface area contributed by atoms with Gasteiger partial charge in [-0.1, -0.05) is 29.8 Å². The fourth-order valence-electron chi connectivity index (χ4n) is 1.65. The molecule has 0 atom stereocenters. The summed E-state index contributed by atoms with van der Waals surface area (Å²) >= 11 is 3.16. The number of urea groups is 1. The van der Waals surface area contributed by atoms with Crippen LogP contribution in [0.25, 0.3) is 0 Å². The van der Waals surface area contributed by atoms with E-state index in [-0.39, 0.29) is 18.1 Å². The molecule has 0 radical (unpaired) electrons. The van der Waals surface area contributed by atoms with Crippen molar-refractivity contribution in [2.24, 2.45) is 5.41 Å². The minimum Gasteiger partial charge on any atom is -0.396 e. The van der Waals surface area contributed by atoms with Crippen molar-refractivity contribution in [1.29, 1.82) is 0 Å². The molecule has 0 unspecified atom stereocenters. The zero-order valence-corrected chi connectivity index (χ0v) is 13.3. The van der Waals surface area contributed by atoms with Crippen molar-refractivity contribution in [3.63, 3.8) is 0 Å². The molecule has 20 heavy (non-hydrogen) atoms. The molecule has 0 aliphatic carbocycles. The molecule has 1 aromatic rings. The molecular weight excluding hydrogens is 327 g/mol. The van der Waals surface area contributed by atoms with Crippen LogP contribution >= 0.6 is 15.9 Å². The van der Waals surface area contributed by atoms with Gasteiger partial charge in [0.15, 0.2) is 0 Å². The molecule has 0 saturated carbocycles. The van der Waals surface area contributed by atoms with Crippen LogP contribution in [0.5, 0.6) is 0 Å². The second kappa shape index (κ2) is 7.59. The van der Waals surface area contributed by atoms with Gasteiger partial charge >= 0.3 is 6.03 Å². The molecule has 1 rings (SSSR count).